The van der Waals surface area contributed by atoms with E-state index in [1.54, 1.807) is 10.3 Å². The molecule has 23 heavy (non-hydrogen) atoms. The molecule has 7 nitrogen and oxygen atoms in total. The van der Waals surface area contributed by atoms with Crippen LogP contribution >= 0.6 is 11.5 Å². The Morgan fingerprint density at radius 2 is 2.26 bits per heavy atom. The van der Waals surface area contributed by atoms with Crippen molar-refractivity contribution in [1.82, 2.24) is 19.8 Å². The summed E-state index contributed by atoms with van der Waals surface area (Å²) in [5.41, 5.74) is 0.394. The van der Waals surface area contributed by atoms with Crippen molar-refractivity contribution in [2.24, 2.45) is 11.8 Å². The Bertz CT molecular complexity index is 590. The van der Waals surface area contributed by atoms with Gasteiger partial charge in [-0.05, 0) is 49.1 Å². The van der Waals surface area contributed by atoms with Gasteiger partial charge < -0.3 is 15.0 Å². The number of amides is 2. The molecule has 1 N–H and O–H groups in total. The van der Waals surface area contributed by atoms with Crippen LogP contribution in [0.3, 0.4) is 0 Å². The Balaban J connectivity index is 1.33. The Morgan fingerprint density at radius 3 is 3.00 bits per heavy atom. The SMILES string of the molecule is O=C(NCC1CC1)C1C[C@@H]2CCN(C(=O)c3csnn3)C[C@@H]2O1. The lowest BCUT2D eigenvalue weighted by Crippen LogP contribution is -2.45. The van der Waals surface area contributed by atoms with E-state index in [9.17, 15) is 9.59 Å². The van der Waals surface area contributed by atoms with E-state index in [-0.39, 0.29) is 24.0 Å². The van der Waals surface area contributed by atoms with Gasteiger partial charge in [-0.3, -0.25) is 9.59 Å². The van der Waals surface area contributed by atoms with E-state index in [1.807, 2.05) is 0 Å². The molecule has 1 saturated carbocycles. The van der Waals surface area contributed by atoms with E-state index in [2.05, 4.69) is 14.9 Å². The summed E-state index contributed by atoms with van der Waals surface area (Å²) in [6.07, 6.45) is 3.68. The van der Waals surface area contributed by atoms with E-state index in [0.717, 1.165) is 19.4 Å². The smallest absolute Gasteiger partial charge is 0.275 e. The van der Waals surface area contributed by atoms with E-state index in [4.69, 9.17) is 4.74 Å². The molecule has 0 spiro atoms. The number of rotatable bonds is 4. The van der Waals surface area contributed by atoms with Crippen molar-refractivity contribution in [1.29, 1.82) is 0 Å². The molecule has 124 valence electrons. The maximum absolute atomic E-state index is 12.3. The van der Waals surface area contributed by atoms with Crippen LogP contribution in [0.2, 0.25) is 0 Å². The number of likely N-dealkylation sites (tertiary alicyclic amines) is 1. The normalized spacial score (nSPS) is 30.1. The van der Waals surface area contributed by atoms with Crippen LogP contribution in [0, 0.1) is 11.8 Å². The summed E-state index contributed by atoms with van der Waals surface area (Å²) in [6, 6.07) is 0. The number of nitrogens with zero attached hydrogens (tertiary/aromatic N) is 3. The van der Waals surface area contributed by atoms with E-state index in [0.29, 0.717) is 30.6 Å². The van der Waals surface area contributed by atoms with Gasteiger partial charge in [0.2, 0.25) is 5.91 Å². The van der Waals surface area contributed by atoms with Crippen molar-refractivity contribution >= 4 is 23.3 Å². The van der Waals surface area contributed by atoms with E-state index < -0.39 is 0 Å². The molecule has 2 amide bonds. The van der Waals surface area contributed by atoms with Crippen LogP contribution in [0.1, 0.15) is 36.2 Å². The highest BCUT2D eigenvalue weighted by molar-refractivity contribution is 7.03. The average Bonchev–Trinajstić information content (AvgIpc) is 3.07. The van der Waals surface area contributed by atoms with Gasteiger partial charge in [0.25, 0.3) is 5.91 Å². The number of hydrogen-bond donors (Lipinski definition) is 1. The maximum atomic E-state index is 12.3. The molecule has 3 aliphatic rings. The number of carbonyl (C=O) groups excluding carboxylic acids is 2. The lowest BCUT2D eigenvalue weighted by molar-refractivity contribution is -0.132. The minimum Gasteiger partial charge on any atom is -0.363 e. The monoisotopic (exact) mass is 336 g/mol. The summed E-state index contributed by atoms with van der Waals surface area (Å²) in [5, 5.41) is 8.50. The summed E-state index contributed by atoms with van der Waals surface area (Å²) in [5.74, 6) is 0.946. The molecule has 1 unspecified atom stereocenters. The van der Waals surface area contributed by atoms with E-state index in [1.165, 1.54) is 24.4 Å². The summed E-state index contributed by atoms with van der Waals surface area (Å²) >= 11 is 1.18. The van der Waals surface area contributed by atoms with Crippen molar-refractivity contribution in [2.45, 2.75) is 37.9 Å². The van der Waals surface area contributed by atoms with Crippen molar-refractivity contribution < 1.29 is 14.3 Å². The van der Waals surface area contributed by atoms with Gasteiger partial charge in [-0.25, -0.2) is 0 Å². The first-order chi connectivity index (χ1) is 11.2. The van der Waals surface area contributed by atoms with Gasteiger partial charge >= 0.3 is 0 Å². The van der Waals surface area contributed by atoms with Crippen LogP contribution in [-0.2, 0) is 9.53 Å². The first-order valence-electron chi connectivity index (χ1n) is 8.20. The minimum absolute atomic E-state index is 0.00729. The summed E-state index contributed by atoms with van der Waals surface area (Å²) in [7, 11) is 0. The molecule has 3 heterocycles. The first-order valence-corrected chi connectivity index (χ1v) is 9.04. The number of piperidine rings is 1. The Kier molecular flexibility index (Phi) is 4.02. The largest absolute Gasteiger partial charge is 0.363 e. The Hall–Kier alpha value is -1.54. The van der Waals surface area contributed by atoms with Gasteiger partial charge in [-0.2, -0.15) is 0 Å². The number of carbonyl (C=O) groups is 2. The molecular weight excluding hydrogens is 316 g/mol. The molecule has 3 fully saturated rings. The standard InChI is InChI=1S/C15H20N4O3S/c20-14(16-6-9-1-2-9)12-5-10-3-4-19(7-13(10)22-12)15(21)11-8-23-18-17-11/h8-10,12-13H,1-7H2,(H,16,20)/t10-,12?,13-/m0/s1. The van der Waals surface area contributed by atoms with Gasteiger partial charge in [-0.15, -0.1) is 5.10 Å². The zero-order valence-corrected chi connectivity index (χ0v) is 13.6. The zero-order chi connectivity index (χ0) is 15.8. The van der Waals surface area contributed by atoms with Crippen LogP contribution in [0.5, 0.6) is 0 Å². The van der Waals surface area contributed by atoms with Crippen molar-refractivity contribution in [3.63, 3.8) is 0 Å². The number of aromatic nitrogens is 2. The van der Waals surface area contributed by atoms with Gasteiger partial charge in [0.05, 0.1) is 6.10 Å². The second-order valence-electron chi connectivity index (χ2n) is 6.68. The van der Waals surface area contributed by atoms with Gasteiger partial charge in [0, 0.05) is 25.0 Å². The third-order valence-electron chi connectivity index (χ3n) is 4.97. The number of hydrogen-bond acceptors (Lipinski definition) is 6. The predicted molar refractivity (Wildman–Crippen MR) is 82.9 cm³/mol. The van der Waals surface area contributed by atoms with Crippen molar-refractivity contribution in [3.05, 3.63) is 11.1 Å². The van der Waals surface area contributed by atoms with Gasteiger partial charge in [-0.1, -0.05) is 4.49 Å². The fraction of sp³-hybridized carbons (Fsp3) is 0.733. The lowest BCUT2D eigenvalue weighted by Gasteiger charge is -2.33. The summed E-state index contributed by atoms with van der Waals surface area (Å²) < 4.78 is 9.68. The zero-order valence-electron chi connectivity index (χ0n) is 12.8. The highest BCUT2D eigenvalue weighted by Crippen LogP contribution is 2.34. The molecular formula is C15H20N4O3S. The maximum Gasteiger partial charge on any atom is 0.275 e. The third-order valence-corrected chi connectivity index (χ3v) is 5.48. The molecule has 4 rings (SSSR count). The molecule has 1 aromatic rings. The van der Waals surface area contributed by atoms with Crippen LogP contribution in [-0.4, -0.2) is 58.1 Å². The molecule has 2 aliphatic heterocycles. The van der Waals surface area contributed by atoms with Crippen LogP contribution in [0.25, 0.3) is 0 Å². The Morgan fingerprint density at radius 1 is 1.39 bits per heavy atom. The average molecular weight is 336 g/mol. The molecule has 0 aromatic carbocycles. The highest BCUT2D eigenvalue weighted by atomic mass is 32.1. The quantitative estimate of drug-likeness (QED) is 0.874. The van der Waals surface area contributed by atoms with E-state index >= 15 is 0 Å². The van der Waals surface area contributed by atoms with Crippen molar-refractivity contribution in [2.75, 3.05) is 19.6 Å². The predicted octanol–water partition coefficient (Wildman–Crippen LogP) is 0.684. The third kappa shape index (κ3) is 3.23. The lowest BCUT2D eigenvalue weighted by atomic mass is 9.91. The van der Waals surface area contributed by atoms with Gasteiger partial charge in [0.1, 0.15) is 6.10 Å². The van der Waals surface area contributed by atoms with Crippen LogP contribution < -0.4 is 5.32 Å². The van der Waals surface area contributed by atoms with Gasteiger partial charge in [0.15, 0.2) is 5.69 Å². The second kappa shape index (κ2) is 6.16. The topological polar surface area (TPSA) is 84.4 Å². The fourth-order valence-electron chi connectivity index (χ4n) is 3.38. The Labute approximate surface area is 138 Å². The number of ether oxygens (including phenoxy) is 1. The summed E-state index contributed by atoms with van der Waals surface area (Å²) in [4.78, 5) is 26.3. The molecule has 0 radical (unpaired) electrons. The van der Waals surface area contributed by atoms with Crippen molar-refractivity contribution in [3.8, 4) is 0 Å². The second-order valence-corrected chi connectivity index (χ2v) is 7.29. The molecule has 1 aromatic heterocycles. The number of fused-ring (bicyclic) bond motifs is 1. The minimum atomic E-state index is -0.361. The van der Waals surface area contributed by atoms with Crippen LogP contribution in [0.4, 0.5) is 0 Å². The molecule has 2 saturated heterocycles. The molecule has 8 heteroatoms. The first kappa shape index (κ1) is 15.0. The van der Waals surface area contributed by atoms with Crippen LogP contribution in [0.15, 0.2) is 5.38 Å². The highest BCUT2D eigenvalue weighted by Gasteiger charge is 2.43. The molecule has 0 bridgehead atoms. The summed E-state index contributed by atoms with van der Waals surface area (Å²) in [6.45, 7) is 2.00. The fourth-order valence-corrected chi connectivity index (χ4v) is 3.81. The molecule has 1 aliphatic carbocycles. The number of nitrogens with one attached hydrogen (secondary N) is 1. The molecule has 3 atom stereocenters.